The van der Waals surface area contributed by atoms with Gasteiger partial charge < -0.3 is 10.0 Å². The molecule has 2 N–H and O–H groups in total. The van der Waals surface area contributed by atoms with Gasteiger partial charge in [-0.05, 0) is 6.32 Å². The van der Waals surface area contributed by atoms with Gasteiger partial charge in [0.2, 0.25) is 0 Å². The Hall–Kier alpha value is -0.0151. The standard InChI is InChI=1S/C4H10BO2/c1-2-3-4-5(6)7/h4,6-7H,2-3H2,1H3. The first-order valence-electron chi connectivity index (χ1n) is 2.47. The van der Waals surface area contributed by atoms with Gasteiger partial charge in [0.05, 0.1) is 0 Å². The summed E-state index contributed by atoms with van der Waals surface area (Å²) in [5, 5.41) is 16.4. The summed E-state index contributed by atoms with van der Waals surface area (Å²) in [5.74, 6) is 0. The Labute approximate surface area is 44.3 Å². The van der Waals surface area contributed by atoms with E-state index in [9.17, 15) is 0 Å². The van der Waals surface area contributed by atoms with Gasteiger partial charge in [0.25, 0.3) is 0 Å². The number of unbranched alkanes of at least 4 members (excludes halogenated alkanes) is 1. The Kier molecular flexibility index (Phi) is 4.14. The molecule has 2 nitrogen and oxygen atoms in total. The van der Waals surface area contributed by atoms with Gasteiger partial charge in [-0.2, -0.15) is 0 Å². The van der Waals surface area contributed by atoms with Gasteiger partial charge in [-0.1, -0.05) is 19.8 Å². The van der Waals surface area contributed by atoms with Gasteiger partial charge in [-0.3, -0.25) is 0 Å². The van der Waals surface area contributed by atoms with E-state index in [0.29, 0.717) is 0 Å². The maximum Gasteiger partial charge on any atom is 0.454 e. The van der Waals surface area contributed by atoms with Crippen LogP contribution in [0.15, 0.2) is 0 Å². The predicted molar refractivity (Wildman–Crippen MR) is 29.4 cm³/mol. The highest BCUT2D eigenvalue weighted by molar-refractivity contribution is 6.45. The molecule has 0 unspecified atom stereocenters. The molecule has 0 saturated heterocycles. The molecule has 0 aliphatic carbocycles. The summed E-state index contributed by atoms with van der Waals surface area (Å²) < 4.78 is 0. The van der Waals surface area contributed by atoms with E-state index in [1.165, 1.54) is 6.32 Å². The lowest BCUT2D eigenvalue weighted by Crippen LogP contribution is -2.11. The van der Waals surface area contributed by atoms with E-state index in [1.54, 1.807) is 0 Å². The Balaban J connectivity index is 2.68. The largest absolute Gasteiger partial charge is 0.454 e. The van der Waals surface area contributed by atoms with Gasteiger partial charge >= 0.3 is 7.12 Å². The molecule has 0 spiro atoms. The van der Waals surface area contributed by atoms with Crippen LogP contribution >= 0.6 is 0 Å². The molecule has 0 aromatic carbocycles. The van der Waals surface area contributed by atoms with Crippen LogP contribution in [0.25, 0.3) is 0 Å². The van der Waals surface area contributed by atoms with Crippen molar-refractivity contribution in [3.63, 3.8) is 0 Å². The molecule has 0 saturated carbocycles. The van der Waals surface area contributed by atoms with E-state index in [4.69, 9.17) is 10.0 Å². The van der Waals surface area contributed by atoms with Gasteiger partial charge in [-0.15, -0.1) is 0 Å². The summed E-state index contributed by atoms with van der Waals surface area (Å²) in [4.78, 5) is 0. The van der Waals surface area contributed by atoms with E-state index in [2.05, 4.69) is 0 Å². The van der Waals surface area contributed by atoms with Crippen molar-refractivity contribution >= 4 is 7.12 Å². The van der Waals surface area contributed by atoms with Gasteiger partial charge in [0.1, 0.15) is 0 Å². The van der Waals surface area contributed by atoms with Crippen molar-refractivity contribution < 1.29 is 10.0 Å². The van der Waals surface area contributed by atoms with Crippen molar-refractivity contribution in [3.8, 4) is 0 Å². The maximum atomic E-state index is 8.18. The molecule has 0 amide bonds. The SMILES string of the molecule is CCC[CH]B(O)O. The van der Waals surface area contributed by atoms with Crippen LogP contribution in [0.1, 0.15) is 19.8 Å². The molecule has 41 valence electrons. The van der Waals surface area contributed by atoms with Crippen LogP contribution in [-0.2, 0) is 0 Å². The van der Waals surface area contributed by atoms with Crippen LogP contribution in [0.5, 0.6) is 0 Å². The average molecular weight is 101 g/mol. The van der Waals surface area contributed by atoms with Crippen molar-refractivity contribution in [1.29, 1.82) is 0 Å². The summed E-state index contributed by atoms with van der Waals surface area (Å²) >= 11 is 0. The molecular formula is C4H10BO2. The second-order valence-electron chi connectivity index (χ2n) is 1.44. The van der Waals surface area contributed by atoms with Crippen LogP contribution in [-0.4, -0.2) is 17.2 Å². The highest BCUT2D eigenvalue weighted by Crippen LogP contribution is 1.91. The molecule has 0 fully saturated rings. The summed E-state index contributed by atoms with van der Waals surface area (Å²) in [6.45, 7) is 1.98. The van der Waals surface area contributed by atoms with Gasteiger partial charge in [-0.25, -0.2) is 0 Å². The van der Waals surface area contributed by atoms with E-state index in [0.717, 1.165) is 12.8 Å². The molecule has 0 rings (SSSR count). The topological polar surface area (TPSA) is 40.5 Å². The molecule has 0 heterocycles. The third-order valence-electron chi connectivity index (χ3n) is 0.666. The fraction of sp³-hybridized carbons (Fsp3) is 0.750. The molecular weight excluding hydrogens is 90.9 g/mol. The molecule has 0 aliphatic rings. The fourth-order valence-corrected chi connectivity index (χ4v) is 0.316. The Morgan fingerprint density at radius 3 is 2.29 bits per heavy atom. The first kappa shape index (κ1) is 6.98. The van der Waals surface area contributed by atoms with E-state index < -0.39 is 7.12 Å². The van der Waals surface area contributed by atoms with Gasteiger partial charge in [0, 0.05) is 0 Å². The summed E-state index contributed by atoms with van der Waals surface area (Å²) in [5.41, 5.74) is 0. The zero-order valence-corrected chi connectivity index (χ0v) is 4.46. The molecule has 0 aromatic rings. The second-order valence-corrected chi connectivity index (χ2v) is 1.44. The van der Waals surface area contributed by atoms with Crippen LogP contribution in [0.3, 0.4) is 0 Å². The van der Waals surface area contributed by atoms with Crippen molar-refractivity contribution in [1.82, 2.24) is 0 Å². The van der Waals surface area contributed by atoms with E-state index >= 15 is 0 Å². The number of hydrogen-bond donors (Lipinski definition) is 2. The van der Waals surface area contributed by atoms with E-state index in [-0.39, 0.29) is 0 Å². The van der Waals surface area contributed by atoms with Crippen LogP contribution in [0.4, 0.5) is 0 Å². The first-order chi connectivity index (χ1) is 3.27. The molecule has 7 heavy (non-hydrogen) atoms. The lowest BCUT2D eigenvalue weighted by Gasteiger charge is -1.91. The zero-order valence-electron chi connectivity index (χ0n) is 4.46. The molecule has 0 aromatic heterocycles. The van der Waals surface area contributed by atoms with Crippen molar-refractivity contribution in [2.45, 2.75) is 19.8 Å². The van der Waals surface area contributed by atoms with Crippen LogP contribution in [0, 0.1) is 6.32 Å². The minimum atomic E-state index is -1.22. The van der Waals surface area contributed by atoms with Crippen molar-refractivity contribution in [2.24, 2.45) is 0 Å². The normalized spacial score (nSPS) is 9.00. The highest BCUT2D eigenvalue weighted by Gasteiger charge is 2.02. The minimum absolute atomic E-state index is 0.775. The Bertz CT molecular complexity index is 38.7. The highest BCUT2D eigenvalue weighted by atomic mass is 16.4. The lowest BCUT2D eigenvalue weighted by molar-refractivity contribution is 0.415. The van der Waals surface area contributed by atoms with Crippen molar-refractivity contribution in [2.75, 3.05) is 0 Å². The quantitative estimate of drug-likeness (QED) is 0.491. The first-order valence-corrected chi connectivity index (χ1v) is 2.47. The monoisotopic (exact) mass is 101 g/mol. The summed E-state index contributed by atoms with van der Waals surface area (Å²) in [6.07, 6.45) is 3.20. The minimum Gasteiger partial charge on any atom is -0.427 e. The molecule has 0 bridgehead atoms. The summed E-state index contributed by atoms with van der Waals surface area (Å²) in [7, 11) is -1.22. The van der Waals surface area contributed by atoms with Gasteiger partial charge in [0.15, 0.2) is 0 Å². The molecule has 0 aliphatic heterocycles. The molecule has 1 radical (unpaired) electrons. The summed E-state index contributed by atoms with van der Waals surface area (Å²) in [6, 6.07) is 0. The molecule has 3 heteroatoms. The Morgan fingerprint density at radius 1 is 1.57 bits per heavy atom. The third kappa shape index (κ3) is 5.98. The molecule has 0 atom stereocenters. The van der Waals surface area contributed by atoms with Crippen molar-refractivity contribution in [3.05, 3.63) is 6.32 Å². The van der Waals surface area contributed by atoms with E-state index in [1.807, 2.05) is 6.92 Å². The number of rotatable bonds is 3. The zero-order chi connectivity index (χ0) is 5.70. The lowest BCUT2D eigenvalue weighted by atomic mass is 9.84. The van der Waals surface area contributed by atoms with Crippen LogP contribution in [0.2, 0.25) is 0 Å². The number of hydrogen-bond acceptors (Lipinski definition) is 2. The fourth-order valence-electron chi connectivity index (χ4n) is 0.316. The van der Waals surface area contributed by atoms with Crippen LogP contribution < -0.4 is 0 Å². The Morgan fingerprint density at radius 2 is 2.14 bits per heavy atom. The second kappa shape index (κ2) is 4.15. The third-order valence-corrected chi connectivity index (χ3v) is 0.666. The smallest absolute Gasteiger partial charge is 0.427 e. The maximum absolute atomic E-state index is 8.18. The average Bonchev–Trinajstić information content (AvgIpc) is 1.61. The predicted octanol–water partition coefficient (Wildman–Crippen LogP) is 0.00279.